The van der Waals surface area contributed by atoms with Gasteiger partial charge in [0.05, 0.1) is 16.5 Å². The molecule has 3 rings (SSSR count). The van der Waals surface area contributed by atoms with E-state index in [0.717, 1.165) is 28.4 Å². The van der Waals surface area contributed by atoms with Gasteiger partial charge in [0.25, 0.3) is 0 Å². The van der Waals surface area contributed by atoms with Gasteiger partial charge in [0.15, 0.2) is 11.0 Å². The Morgan fingerprint density at radius 3 is 2.50 bits per heavy atom. The fourth-order valence-electron chi connectivity index (χ4n) is 2.46. The number of carbonyl (C=O) groups excluding carboxylic acids is 1. The van der Waals surface area contributed by atoms with Crippen molar-refractivity contribution < 1.29 is 18.0 Å². The van der Waals surface area contributed by atoms with Crippen LogP contribution in [0.5, 0.6) is 0 Å². The Hall–Kier alpha value is -2.13. The van der Waals surface area contributed by atoms with Crippen molar-refractivity contribution in [3.63, 3.8) is 0 Å². The van der Waals surface area contributed by atoms with Crippen molar-refractivity contribution in [1.29, 1.82) is 0 Å². The molecule has 1 heterocycles. The number of alkyl halides is 3. The van der Waals surface area contributed by atoms with Gasteiger partial charge in [-0.3, -0.25) is 9.36 Å². The summed E-state index contributed by atoms with van der Waals surface area (Å²) in [6, 6.07) is 12.2. The Morgan fingerprint density at radius 1 is 1.14 bits per heavy atom. The standard InChI is InChI=1S/C19H15BrF3N3OS/c1-11(27)12(2)28-18-25-24-17(15-8-3-4-9-16(15)20)26(18)14-7-5-6-13(10-14)19(21,22)23/h3-10,12H,1-2H3. The van der Waals surface area contributed by atoms with E-state index in [1.165, 1.54) is 13.0 Å². The van der Waals surface area contributed by atoms with Crippen molar-refractivity contribution in [2.75, 3.05) is 0 Å². The topological polar surface area (TPSA) is 47.8 Å². The van der Waals surface area contributed by atoms with Gasteiger partial charge in [-0.05, 0) is 38.1 Å². The summed E-state index contributed by atoms with van der Waals surface area (Å²) in [6.45, 7) is 3.17. The molecule has 0 saturated carbocycles. The van der Waals surface area contributed by atoms with Crippen LogP contribution in [0.15, 0.2) is 58.2 Å². The number of hydrogen-bond donors (Lipinski definition) is 0. The van der Waals surface area contributed by atoms with Crippen molar-refractivity contribution >= 4 is 33.5 Å². The van der Waals surface area contributed by atoms with Gasteiger partial charge < -0.3 is 0 Å². The third-order valence-corrected chi connectivity index (χ3v) is 5.89. The molecule has 0 bridgehead atoms. The summed E-state index contributed by atoms with van der Waals surface area (Å²) in [5.41, 5.74) is 0.172. The number of ketones is 1. The molecule has 1 unspecified atom stereocenters. The first-order chi connectivity index (χ1) is 13.2. The number of hydrogen-bond acceptors (Lipinski definition) is 4. The number of aromatic nitrogens is 3. The molecule has 0 fully saturated rings. The van der Waals surface area contributed by atoms with Crippen LogP contribution >= 0.6 is 27.7 Å². The third-order valence-electron chi connectivity index (χ3n) is 4.03. The third kappa shape index (κ3) is 4.30. The van der Waals surface area contributed by atoms with E-state index in [-0.39, 0.29) is 11.5 Å². The largest absolute Gasteiger partial charge is 0.416 e. The molecule has 0 aliphatic carbocycles. The molecule has 0 N–H and O–H groups in total. The molecule has 0 aliphatic heterocycles. The molecule has 0 spiro atoms. The van der Waals surface area contributed by atoms with Gasteiger partial charge in [-0.25, -0.2) is 0 Å². The van der Waals surface area contributed by atoms with E-state index in [0.29, 0.717) is 16.5 Å². The highest BCUT2D eigenvalue weighted by Gasteiger charge is 2.31. The van der Waals surface area contributed by atoms with Gasteiger partial charge in [-0.2, -0.15) is 13.2 Å². The summed E-state index contributed by atoms with van der Waals surface area (Å²) in [7, 11) is 0. The zero-order chi connectivity index (χ0) is 20.5. The lowest BCUT2D eigenvalue weighted by atomic mass is 10.1. The van der Waals surface area contributed by atoms with Crippen LogP contribution in [-0.4, -0.2) is 25.8 Å². The molecule has 146 valence electrons. The Balaban J connectivity index is 2.20. The summed E-state index contributed by atoms with van der Waals surface area (Å²) in [5.74, 6) is 0.316. The lowest BCUT2D eigenvalue weighted by molar-refractivity contribution is -0.137. The van der Waals surface area contributed by atoms with Crippen LogP contribution in [0.3, 0.4) is 0 Å². The van der Waals surface area contributed by atoms with E-state index in [1.807, 2.05) is 12.1 Å². The number of rotatable bonds is 5. The van der Waals surface area contributed by atoms with Crippen LogP contribution in [0.25, 0.3) is 17.1 Å². The fourth-order valence-corrected chi connectivity index (χ4v) is 3.79. The highest BCUT2D eigenvalue weighted by atomic mass is 79.9. The van der Waals surface area contributed by atoms with Gasteiger partial charge in [0.1, 0.15) is 5.78 Å². The summed E-state index contributed by atoms with van der Waals surface area (Å²) in [4.78, 5) is 11.7. The van der Waals surface area contributed by atoms with Gasteiger partial charge in [0.2, 0.25) is 0 Å². The maximum Gasteiger partial charge on any atom is 0.416 e. The average Bonchev–Trinajstić information content (AvgIpc) is 3.04. The van der Waals surface area contributed by atoms with Crippen LogP contribution in [0, 0.1) is 0 Å². The molecule has 3 aromatic rings. The summed E-state index contributed by atoms with van der Waals surface area (Å²) >= 11 is 4.60. The Kier molecular flexibility index (Phi) is 5.95. The number of halogens is 4. The van der Waals surface area contributed by atoms with Crippen LogP contribution in [0.2, 0.25) is 0 Å². The molecule has 9 heteroatoms. The van der Waals surface area contributed by atoms with E-state index in [9.17, 15) is 18.0 Å². The van der Waals surface area contributed by atoms with Crippen LogP contribution < -0.4 is 0 Å². The highest BCUT2D eigenvalue weighted by Crippen LogP contribution is 2.35. The van der Waals surface area contributed by atoms with Crippen molar-refractivity contribution in [3.8, 4) is 17.1 Å². The van der Waals surface area contributed by atoms with Crippen molar-refractivity contribution in [2.24, 2.45) is 0 Å². The number of thioether (sulfide) groups is 1. The average molecular weight is 470 g/mol. The minimum absolute atomic E-state index is 0.0639. The predicted octanol–water partition coefficient (Wildman–Crippen LogP) is 5.79. The Labute approximate surface area is 172 Å². The zero-order valence-corrected chi connectivity index (χ0v) is 17.3. The van der Waals surface area contributed by atoms with Gasteiger partial charge in [-0.1, -0.05) is 52.0 Å². The minimum Gasteiger partial charge on any atom is -0.299 e. The van der Waals surface area contributed by atoms with Gasteiger partial charge in [0, 0.05) is 10.0 Å². The second kappa shape index (κ2) is 8.08. The smallest absolute Gasteiger partial charge is 0.299 e. The maximum absolute atomic E-state index is 13.2. The van der Waals surface area contributed by atoms with E-state index < -0.39 is 17.0 Å². The second-order valence-corrected chi connectivity index (χ2v) is 8.20. The maximum atomic E-state index is 13.2. The molecule has 0 radical (unpaired) electrons. The number of benzene rings is 2. The molecule has 4 nitrogen and oxygen atoms in total. The molecule has 1 aromatic heterocycles. The van der Waals surface area contributed by atoms with E-state index in [4.69, 9.17) is 0 Å². The first-order valence-electron chi connectivity index (χ1n) is 8.23. The lowest BCUT2D eigenvalue weighted by Gasteiger charge is -2.14. The SMILES string of the molecule is CC(=O)C(C)Sc1nnc(-c2ccccc2Br)n1-c1cccc(C(F)(F)F)c1. The molecule has 1 atom stereocenters. The van der Waals surface area contributed by atoms with E-state index >= 15 is 0 Å². The first-order valence-corrected chi connectivity index (χ1v) is 9.91. The van der Waals surface area contributed by atoms with Gasteiger partial charge >= 0.3 is 6.18 Å². The number of nitrogens with zero attached hydrogens (tertiary/aromatic N) is 3. The molecule has 2 aromatic carbocycles. The van der Waals surface area contributed by atoms with Crippen LogP contribution in [0.1, 0.15) is 19.4 Å². The van der Waals surface area contributed by atoms with Crippen LogP contribution in [0.4, 0.5) is 13.2 Å². The zero-order valence-electron chi connectivity index (χ0n) is 14.9. The normalized spacial score (nSPS) is 12.8. The molecular weight excluding hydrogens is 455 g/mol. The molecule has 28 heavy (non-hydrogen) atoms. The summed E-state index contributed by atoms with van der Waals surface area (Å²) < 4.78 is 41.9. The first kappa shape index (κ1) is 20.6. The molecule has 0 aliphatic rings. The van der Waals surface area contributed by atoms with Crippen molar-refractivity contribution in [1.82, 2.24) is 14.8 Å². The van der Waals surface area contributed by atoms with E-state index in [1.54, 1.807) is 29.7 Å². The minimum atomic E-state index is -4.47. The van der Waals surface area contributed by atoms with E-state index in [2.05, 4.69) is 26.1 Å². The molecule has 0 saturated heterocycles. The monoisotopic (exact) mass is 469 g/mol. The highest BCUT2D eigenvalue weighted by molar-refractivity contribution is 9.10. The summed E-state index contributed by atoms with van der Waals surface area (Å²) in [5, 5.41) is 8.27. The fraction of sp³-hybridized carbons (Fsp3) is 0.211. The van der Waals surface area contributed by atoms with Crippen LogP contribution in [-0.2, 0) is 11.0 Å². The van der Waals surface area contributed by atoms with Crippen molar-refractivity contribution in [3.05, 3.63) is 58.6 Å². The molecular formula is C19H15BrF3N3OS. The second-order valence-electron chi connectivity index (χ2n) is 6.04. The van der Waals surface area contributed by atoms with Gasteiger partial charge in [-0.15, -0.1) is 10.2 Å². The molecule has 0 amide bonds. The lowest BCUT2D eigenvalue weighted by Crippen LogP contribution is -2.11. The Bertz CT molecular complexity index is 1020. The van der Waals surface area contributed by atoms with Crippen molar-refractivity contribution in [2.45, 2.75) is 30.4 Å². The summed E-state index contributed by atoms with van der Waals surface area (Å²) in [6.07, 6.45) is -4.47. The number of carbonyl (C=O) groups is 1. The number of Topliss-reactive ketones (excluding diaryl/α,β-unsaturated/α-hetero) is 1. The predicted molar refractivity (Wildman–Crippen MR) is 105 cm³/mol. The Morgan fingerprint density at radius 2 is 1.86 bits per heavy atom. The quantitative estimate of drug-likeness (QED) is 0.444.